The molecule has 3 aromatic rings. The zero-order chi connectivity index (χ0) is 19.0. The Bertz CT molecular complexity index is 938. The molecule has 0 fully saturated rings. The van der Waals surface area contributed by atoms with Crippen LogP contribution in [0.2, 0.25) is 0 Å². The molecule has 0 aliphatic carbocycles. The van der Waals surface area contributed by atoms with Crippen LogP contribution in [0.25, 0.3) is 0 Å². The number of carbonyl (C=O) groups excluding carboxylic acids is 1. The third-order valence-corrected chi connectivity index (χ3v) is 4.76. The first-order valence-corrected chi connectivity index (χ1v) is 9.22. The second-order valence-corrected chi connectivity index (χ2v) is 7.90. The number of benzene rings is 3. The Morgan fingerprint density at radius 3 is 1.85 bits per heavy atom. The van der Waals surface area contributed by atoms with Gasteiger partial charge in [0, 0.05) is 23.5 Å². The number of hydrogen-bond donors (Lipinski definition) is 0. The van der Waals surface area contributed by atoms with Gasteiger partial charge in [-0.1, -0.05) is 36.4 Å². The molecular formula is C24H23NO2. The molecule has 0 atom stereocenters. The van der Waals surface area contributed by atoms with E-state index in [1.54, 1.807) is 0 Å². The van der Waals surface area contributed by atoms with Gasteiger partial charge in [0.05, 0.1) is 5.41 Å². The molecule has 1 aliphatic rings. The summed E-state index contributed by atoms with van der Waals surface area (Å²) < 4.78 is 5.50. The van der Waals surface area contributed by atoms with Crippen LogP contribution in [0.3, 0.4) is 0 Å². The fourth-order valence-electron chi connectivity index (χ4n) is 3.29. The SMILES string of the molecule is CC(C)(C)C(=O)Oc1ccc(N2c3ccccc3Cc3ccccc32)cc1. The lowest BCUT2D eigenvalue weighted by molar-refractivity contribution is -0.142. The average Bonchev–Trinajstić information content (AvgIpc) is 2.66. The Kier molecular flexibility index (Phi) is 4.23. The smallest absolute Gasteiger partial charge is 0.316 e. The number of para-hydroxylation sites is 2. The van der Waals surface area contributed by atoms with Gasteiger partial charge >= 0.3 is 5.97 Å². The van der Waals surface area contributed by atoms with E-state index in [0.29, 0.717) is 5.75 Å². The molecule has 0 radical (unpaired) electrons. The van der Waals surface area contributed by atoms with Gasteiger partial charge in [0.25, 0.3) is 0 Å². The third-order valence-electron chi connectivity index (χ3n) is 4.76. The zero-order valence-electron chi connectivity index (χ0n) is 15.9. The highest BCUT2D eigenvalue weighted by molar-refractivity contribution is 5.84. The van der Waals surface area contributed by atoms with Crippen molar-refractivity contribution in [1.29, 1.82) is 0 Å². The lowest BCUT2D eigenvalue weighted by Crippen LogP contribution is -2.25. The molecule has 0 amide bonds. The van der Waals surface area contributed by atoms with Crippen LogP contribution in [0.1, 0.15) is 31.9 Å². The largest absolute Gasteiger partial charge is 0.426 e. The maximum absolute atomic E-state index is 12.1. The van der Waals surface area contributed by atoms with Crippen molar-refractivity contribution in [2.45, 2.75) is 27.2 Å². The number of ether oxygens (including phenoxy) is 1. The summed E-state index contributed by atoms with van der Waals surface area (Å²) in [5, 5.41) is 0. The second kappa shape index (κ2) is 6.58. The van der Waals surface area contributed by atoms with E-state index in [4.69, 9.17) is 4.74 Å². The Balaban J connectivity index is 1.71. The highest BCUT2D eigenvalue weighted by Gasteiger charge is 2.25. The minimum absolute atomic E-state index is 0.232. The maximum Gasteiger partial charge on any atom is 0.316 e. The highest BCUT2D eigenvalue weighted by Crippen LogP contribution is 2.43. The van der Waals surface area contributed by atoms with Gasteiger partial charge in [-0.25, -0.2) is 0 Å². The number of rotatable bonds is 2. The molecule has 136 valence electrons. The summed E-state index contributed by atoms with van der Waals surface area (Å²) in [6.45, 7) is 5.56. The molecule has 0 spiro atoms. The fraction of sp³-hybridized carbons (Fsp3) is 0.208. The minimum Gasteiger partial charge on any atom is -0.426 e. The molecule has 0 bridgehead atoms. The first-order valence-electron chi connectivity index (χ1n) is 9.22. The lowest BCUT2D eigenvalue weighted by Gasteiger charge is -2.33. The van der Waals surface area contributed by atoms with Gasteiger partial charge in [-0.2, -0.15) is 0 Å². The van der Waals surface area contributed by atoms with E-state index in [1.165, 1.54) is 22.5 Å². The fourth-order valence-corrected chi connectivity index (χ4v) is 3.29. The standard InChI is InChI=1S/C24H23NO2/c1-24(2,3)23(26)27-20-14-12-19(13-15-20)25-21-10-6-4-8-17(21)16-18-9-5-7-11-22(18)25/h4-15H,16H2,1-3H3. The van der Waals surface area contributed by atoms with E-state index in [-0.39, 0.29) is 5.97 Å². The molecular weight excluding hydrogens is 334 g/mol. The predicted octanol–water partition coefficient (Wildman–Crippen LogP) is 6.01. The van der Waals surface area contributed by atoms with Gasteiger partial charge in [0.1, 0.15) is 5.75 Å². The third kappa shape index (κ3) is 3.33. The van der Waals surface area contributed by atoms with Crippen LogP contribution in [0.5, 0.6) is 5.75 Å². The van der Waals surface area contributed by atoms with Crippen LogP contribution in [-0.2, 0) is 11.2 Å². The number of nitrogens with zero attached hydrogens (tertiary/aromatic N) is 1. The molecule has 27 heavy (non-hydrogen) atoms. The second-order valence-electron chi connectivity index (χ2n) is 7.90. The highest BCUT2D eigenvalue weighted by atomic mass is 16.5. The van der Waals surface area contributed by atoms with Crippen molar-refractivity contribution in [3.05, 3.63) is 83.9 Å². The van der Waals surface area contributed by atoms with E-state index >= 15 is 0 Å². The van der Waals surface area contributed by atoms with Crippen LogP contribution >= 0.6 is 0 Å². The monoisotopic (exact) mass is 357 g/mol. The van der Waals surface area contributed by atoms with Gasteiger partial charge in [-0.15, -0.1) is 0 Å². The Morgan fingerprint density at radius 1 is 0.815 bits per heavy atom. The van der Waals surface area contributed by atoms with E-state index < -0.39 is 5.41 Å². The summed E-state index contributed by atoms with van der Waals surface area (Å²) in [7, 11) is 0. The summed E-state index contributed by atoms with van der Waals surface area (Å²) in [4.78, 5) is 14.4. The Morgan fingerprint density at radius 2 is 1.33 bits per heavy atom. The van der Waals surface area contributed by atoms with Gasteiger partial charge < -0.3 is 9.64 Å². The van der Waals surface area contributed by atoms with Crippen molar-refractivity contribution in [3.63, 3.8) is 0 Å². The molecule has 3 aromatic carbocycles. The van der Waals surface area contributed by atoms with Crippen molar-refractivity contribution in [2.75, 3.05) is 4.90 Å². The van der Waals surface area contributed by atoms with Crippen molar-refractivity contribution in [2.24, 2.45) is 5.41 Å². The van der Waals surface area contributed by atoms with Crippen LogP contribution < -0.4 is 9.64 Å². The number of anilines is 3. The summed E-state index contributed by atoms with van der Waals surface area (Å²) in [5.41, 5.74) is 5.51. The molecule has 0 N–H and O–H groups in total. The quantitative estimate of drug-likeness (QED) is 0.325. The van der Waals surface area contributed by atoms with E-state index in [1.807, 2.05) is 45.0 Å². The normalized spacial score (nSPS) is 12.9. The number of carbonyl (C=O) groups is 1. The van der Waals surface area contributed by atoms with Crippen LogP contribution in [-0.4, -0.2) is 5.97 Å². The topological polar surface area (TPSA) is 29.5 Å². The molecule has 4 rings (SSSR count). The molecule has 0 saturated heterocycles. The minimum atomic E-state index is -0.524. The van der Waals surface area contributed by atoms with E-state index in [2.05, 4.69) is 53.4 Å². The first kappa shape index (κ1) is 17.3. The predicted molar refractivity (Wildman–Crippen MR) is 109 cm³/mol. The van der Waals surface area contributed by atoms with Crippen molar-refractivity contribution in [3.8, 4) is 5.75 Å². The molecule has 0 aromatic heterocycles. The van der Waals surface area contributed by atoms with Gasteiger partial charge in [0.2, 0.25) is 0 Å². The van der Waals surface area contributed by atoms with Gasteiger partial charge in [-0.3, -0.25) is 4.79 Å². The van der Waals surface area contributed by atoms with Crippen LogP contribution in [0, 0.1) is 5.41 Å². The zero-order valence-corrected chi connectivity index (χ0v) is 15.9. The van der Waals surface area contributed by atoms with Crippen molar-refractivity contribution in [1.82, 2.24) is 0 Å². The summed E-state index contributed by atoms with van der Waals surface area (Å²) in [6, 6.07) is 24.7. The maximum atomic E-state index is 12.1. The molecule has 1 aliphatic heterocycles. The Labute approximate surface area is 160 Å². The molecule has 3 heteroatoms. The van der Waals surface area contributed by atoms with Crippen LogP contribution in [0.15, 0.2) is 72.8 Å². The van der Waals surface area contributed by atoms with Gasteiger partial charge in [0.15, 0.2) is 0 Å². The summed E-state index contributed by atoms with van der Waals surface area (Å²) in [5.74, 6) is 0.334. The molecule has 0 unspecified atom stereocenters. The van der Waals surface area contributed by atoms with Crippen molar-refractivity contribution < 1.29 is 9.53 Å². The summed E-state index contributed by atoms with van der Waals surface area (Å²) in [6.07, 6.45) is 0.935. The first-order chi connectivity index (χ1) is 12.9. The van der Waals surface area contributed by atoms with E-state index in [9.17, 15) is 4.79 Å². The van der Waals surface area contributed by atoms with E-state index in [0.717, 1.165) is 12.1 Å². The molecule has 3 nitrogen and oxygen atoms in total. The van der Waals surface area contributed by atoms with Gasteiger partial charge in [-0.05, 0) is 68.3 Å². The van der Waals surface area contributed by atoms with Crippen LogP contribution in [0.4, 0.5) is 17.1 Å². The molecule has 1 heterocycles. The average molecular weight is 357 g/mol. The lowest BCUT2D eigenvalue weighted by atomic mass is 9.95. The molecule has 0 saturated carbocycles. The number of hydrogen-bond acceptors (Lipinski definition) is 3. The number of fused-ring (bicyclic) bond motifs is 2. The Hall–Kier alpha value is -3.07. The summed E-state index contributed by atoms with van der Waals surface area (Å²) >= 11 is 0. The number of esters is 1. The van der Waals surface area contributed by atoms with Crippen molar-refractivity contribution >= 4 is 23.0 Å².